The second kappa shape index (κ2) is 7.86. The zero-order valence-electron chi connectivity index (χ0n) is 15.5. The number of nitrogens with zero attached hydrogens (tertiary/aromatic N) is 4. The minimum Gasteiger partial charge on any atom is -0.330 e. The van der Waals surface area contributed by atoms with Gasteiger partial charge in [0.2, 0.25) is 5.91 Å². The van der Waals surface area contributed by atoms with Crippen LogP contribution in [-0.4, -0.2) is 25.4 Å². The lowest BCUT2D eigenvalue weighted by Gasteiger charge is -2.05. The molecule has 0 atom stereocenters. The topological polar surface area (TPSA) is 72.7 Å². The van der Waals surface area contributed by atoms with Crippen LogP contribution in [0.3, 0.4) is 0 Å². The van der Waals surface area contributed by atoms with Gasteiger partial charge in [-0.15, -0.1) is 0 Å². The maximum Gasteiger partial charge on any atom is 0.224 e. The maximum absolute atomic E-state index is 11.8. The van der Waals surface area contributed by atoms with Crippen LogP contribution in [0.1, 0.15) is 37.0 Å². The van der Waals surface area contributed by atoms with E-state index in [1.165, 1.54) is 0 Å². The fourth-order valence-corrected chi connectivity index (χ4v) is 3.73. The van der Waals surface area contributed by atoms with E-state index >= 15 is 0 Å². The molecule has 0 unspecified atom stereocenters. The summed E-state index contributed by atoms with van der Waals surface area (Å²) in [5.74, 6) is 1.67. The van der Waals surface area contributed by atoms with Crippen molar-refractivity contribution >= 4 is 34.4 Å². The van der Waals surface area contributed by atoms with Crippen molar-refractivity contribution in [3.8, 4) is 0 Å². The van der Waals surface area contributed by atoms with Crippen LogP contribution >= 0.6 is 11.8 Å². The summed E-state index contributed by atoms with van der Waals surface area (Å²) in [4.78, 5) is 25.4. The third-order valence-corrected chi connectivity index (χ3v) is 4.87. The van der Waals surface area contributed by atoms with Gasteiger partial charge in [0.1, 0.15) is 5.82 Å². The van der Waals surface area contributed by atoms with Crippen molar-refractivity contribution in [1.29, 1.82) is 0 Å². The molecule has 136 valence electrons. The molecule has 0 spiro atoms. The number of hydrogen-bond acceptors (Lipinski definition) is 5. The number of imidazole rings is 1. The SMILES string of the molecule is CCCC(=O)Nc1ccc2c(c1)nc(CSc1nc(C)cc(C)n1)n2C. The average molecular weight is 369 g/mol. The highest BCUT2D eigenvalue weighted by Crippen LogP contribution is 2.24. The lowest BCUT2D eigenvalue weighted by atomic mass is 10.2. The van der Waals surface area contributed by atoms with Crippen molar-refractivity contribution in [2.75, 3.05) is 5.32 Å². The van der Waals surface area contributed by atoms with Gasteiger partial charge in [-0.1, -0.05) is 18.7 Å². The Hall–Kier alpha value is -2.41. The first-order valence-electron chi connectivity index (χ1n) is 8.66. The molecule has 0 saturated heterocycles. The summed E-state index contributed by atoms with van der Waals surface area (Å²) in [5, 5.41) is 3.69. The van der Waals surface area contributed by atoms with Crippen LogP contribution in [0, 0.1) is 13.8 Å². The molecule has 6 nitrogen and oxygen atoms in total. The van der Waals surface area contributed by atoms with Gasteiger partial charge in [-0.25, -0.2) is 15.0 Å². The highest BCUT2D eigenvalue weighted by atomic mass is 32.2. The Kier molecular flexibility index (Phi) is 5.56. The molecule has 0 saturated carbocycles. The van der Waals surface area contributed by atoms with Gasteiger partial charge in [0.05, 0.1) is 16.8 Å². The quantitative estimate of drug-likeness (QED) is 0.525. The number of anilines is 1. The van der Waals surface area contributed by atoms with Crippen LogP contribution in [0.4, 0.5) is 5.69 Å². The van der Waals surface area contributed by atoms with Crippen LogP contribution in [-0.2, 0) is 17.6 Å². The third kappa shape index (κ3) is 4.22. The van der Waals surface area contributed by atoms with Crippen LogP contribution in [0.15, 0.2) is 29.4 Å². The van der Waals surface area contributed by atoms with Crippen LogP contribution in [0.2, 0.25) is 0 Å². The van der Waals surface area contributed by atoms with Crippen molar-refractivity contribution in [3.63, 3.8) is 0 Å². The minimum absolute atomic E-state index is 0.0329. The van der Waals surface area contributed by atoms with Crippen molar-refractivity contribution in [2.24, 2.45) is 7.05 Å². The van der Waals surface area contributed by atoms with Crippen molar-refractivity contribution in [3.05, 3.63) is 41.5 Å². The van der Waals surface area contributed by atoms with Crippen molar-refractivity contribution < 1.29 is 4.79 Å². The third-order valence-electron chi connectivity index (χ3n) is 4.03. The number of aryl methyl sites for hydroxylation is 3. The molecule has 0 aliphatic carbocycles. The van der Waals surface area contributed by atoms with E-state index in [0.29, 0.717) is 12.2 Å². The Morgan fingerprint density at radius 2 is 1.88 bits per heavy atom. The number of carbonyl (C=O) groups excluding carboxylic acids is 1. The van der Waals surface area contributed by atoms with Gasteiger partial charge in [-0.2, -0.15) is 0 Å². The summed E-state index contributed by atoms with van der Waals surface area (Å²) in [6, 6.07) is 7.80. The zero-order valence-corrected chi connectivity index (χ0v) is 16.4. The van der Waals surface area contributed by atoms with Gasteiger partial charge in [0, 0.05) is 30.5 Å². The van der Waals surface area contributed by atoms with Gasteiger partial charge in [-0.05, 0) is 44.5 Å². The predicted molar refractivity (Wildman–Crippen MR) is 105 cm³/mol. The molecule has 0 fully saturated rings. The Morgan fingerprint density at radius 1 is 1.15 bits per heavy atom. The van der Waals surface area contributed by atoms with Gasteiger partial charge >= 0.3 is 0 Å². The lowest BCUT2D eigenvalue weighted by Crippen LogP contribution is -2.10. The van der Waals surface area contributed by atoms with Crippen molar-refractivity contribution in [2.45, 2.75) is 44.5 Å². The highest BCUT2D eigenvalue weighted by molar-refractivity contribution is 7.98. The number of benzene rings is 1. The number of hydrogen-bond donors (Lipinski definition) is 1. The molecule has 1 amide bonds. The number of nitrogens with one attached hydrogen (secondary N) is 1. The van der Waals surface area contributed by atoms with Crippen LogP contribution in [0.5, 0.6) is 0 Å². The monoisotopic (exact) mass is 369 g/mol. The van der Waals surface area contributed by atoms with E-state index in [9.17, 15) is 4.79 Å². The maximum atomic E-state index is 11.8. The van der Waals surface area contributed by atoms with E-state index in [1.54, 1.807) is 11.8 Å². The zero-order chi connectivity index (χ0) is 18.7. The Morgan fingerprint density at radius 3 is 2.58 bits per heavy atom. The molecule has 3 rings (SSSR count). The standard InChI is InChI=1S/C19H23N5OS/c1-5-6-18(25)22-14-7-8-16-15(10-14)23-17(24(16)4)11-26-19-20-12(2)9-13(3)21-19/h7-10H,5-6,11H2,1-4H3,(H,22,25). The van der Waals surface area contributed by atoms with E-state index in [4.69, 9.17) is 4.98 Å². The number of fused-ring (bicyclic) bond motifs is 1. The predicted octanol–water partition coefficient (Wildman–Crippen LogP) is 4.01. The van der Waals surface area contributed by atoms with E-state index in [2.05, 4.69) is 19.9 Å². The molecule has 2 heterocycles. The number of amides is 1. The molecule has 0 bridgehead atoms. The van der Waals surface area contributed by atoms with Gasteiger partial charge < -0.3 is 9.88 Å². The van der Waals surface area contributed by atoms with E-state index in [0.717, 1.165) is 45.5 Å². The Bertz CT molecular complexity index is 930. The molecule has 1 N–H and O–H groups in total. The second-order valence-electron chi connectivity index (χ2n) is 6.31. The van der Waals surface area contributed by atoms with E-state index in [1.807, 2.05) is 52.1 Å². The summed E-state index contributed by atoms with van der Waals surface area (Å²) < 4.78 is 2.07. The first-order valence-corrected chi connectivity index (χ1v) is 9.65. The summed E-state index contributed by atoms with van der Waals surface area (Å²) >= 11 is 1.58. The molecule has 2 aromatic heterocycles. The first kappa shape index (κ1) is 18.4. The van der Waals surface area contributed by atoms with Crippen molar-refractivity contribution in [1.82, 2.24) is 19.5 Å². The van der Waals surface area contributed by atoms with Gasteiger partial charge in [-0.3, -0.25) is 4.79 Å². The van der Waals surface area contributed by atoms with E-state index < -0.39 is 0 Å². The van der Waals surface area contributed by atoms with Crippen LogP contribution < -0.4 is 5.32 Å². The van der Waals surface area contributed by atoms with Crippen LogP contribution in [0.25, 0.3) is 11.0 Å². The molecule has 1 aromatic carbocycles. The van der Waals surface area contributed by atoms with Gasteiger partial charge in [0.15, 0.2) is 5.16 Å². The lowest BCUT2D eigenvalue weighted by molar-refractivity contribution is -0.116. The summed E-state index contributed by atoms with van der Waals surface area (Å²) in [7, 11) is 2.00. The first-order chi connectivity index (χ1) is 12.5. The average Bonchev–Trinajstić information content (AvgIpc) is 2.88. The summed E-state index contributed by atoms with van der Waals surface area (Å²) in [5.41, 5.74) is 4.63. The fraction of sp³-hybridized carbons (Fsp3) is 0.368. The second-order valence-corrected chi connectivity index (χ2v) is 7.25. The highest BCUT2D eigenvalue weighted by Gasteiger charge is 2.11. The number of rotatable bonds is 6. The molecule has 0 aliphatic rings. The normalized spacial score (nSPS) is 11.1. The van der Waals surface area contributed by atoms with E-state index in [-0.39, 0.29) is 5.91 Å². The Balaban J connectivity index is 1.78. The molecule has 0 aliphatic heterocycles. The minimum atomic E-state index is 0.0329. The molecular weight excluding hydrogens is 346 g/mol. The summed E-state index contributed by atoms with van der Waals surface area (Å²) in [6.07, 6.45) is 1.36. The fourth-order valence-electron chi connectivity index (χ4n) is 2.79. The number of thioether (sulfide) groups is 1. The number of aromatic nitrogens is 4. The molecule has 26 heavy (non-hydrogen) atoms. The summed E-state index contributed by atoms with van der Waals surface area (Å²) in [6.45, 7) is 5.94. The largest absolute Gasteiger partial charge is 0.330 e. The molecule has 7 heteroatoms. The smallest absolute Gasteiger partial charge is 0.224 e. The molecule has 3 aromatic rings. The molecule has 0 radical (unpaired) electrons. The number of carbonyl (C=O) groups is 1. The molecular formula is C19H23N5OS. The Labute approximate surface area is 157 Å². The van der Waals surface area contributed by atoms with Gasteiger partial charge in [0.25, 0.3) is 0 Å².